The molecule has 5 heteroatoms. The SMILES string of the molecule is Cc1ccc(NC(=O)CCNC(=O)c2ccccc2)c(OCc2ccccc2)c1. The highest BCUT2D eigenvalue weighted by atomic mass is 16.5. The van der Waals surface area contributed by atoms with Crippen molar-refractivity contribution in [3.8, 4) is 5.75 Å². The van der Waals surface area contributed by atoms with Crippen molar-refractivity contribution in [3.05, 3.63) is 95.6 Å². The van der Waals surface area contributed by atoms with Gasteiger partial charge in [0.15, 0.2) is 0 Å². The first kappa shape index (κ1) is 20.1. The number of hydrogen-bond acceptors (Lipinski definition) is 3. The first-order valence-corrected chi connectivity index (χ1v) is 9.52. The summed E-state index contributed by atoms with van der Waals surface area (Å²) < 4.78 is 5.92. The summed E-state index contributed by atoms with van der Waals surface area (Å²) in [6, 6.07) is 24.4. The van der Waals surface area contributed by atoms with E-state index in [4.69, 9.17) is 4.74 Å². The van der Waals surface area contributed by atoms with E-state index >= 15 is 0 Å². The van der Waals surface area contributed by atoms with Crippen LogP contribution in [0.15, 0.2) is 78.9 Å². The summed E-state index contributed by atoms with van der Waals surface area (Å²) in [7, 11) is 0. The summed E-state index contributed by atoms with van der Waals surface area (Å²) in [6.07, 6.45) is 0.171. The lowest BCUT2D eigenvalue weighted by atomic mass is 10.2. The van der Waals surface area contributed by atoms with Crippen molar-refractivity contribution >= 4 is 17.5 Å². The van der Waals surface area contributed by atoms with Crippen LogP contribution in [-0.4, -0.2) is 18.4 Å². The smallest absolute Gasteiger partial charge is 0.251 e. The minimum atomic E-state index is -0.194. The maximum Gasteiger partial charge on any atom is 0.251 e. The average molecular weight is 388 g/mol. The van der Waals surface area contributed by atoms with Gasteiger partial charge in [-0.3, -0.25) is 9.59 Å². The minimum absolute atomic E-state index is 0.171. The van der Waals surface area contributed by atoms with Crippen LogP contribution < -0.4 is 15.4 Å². The van der Waals surface area contributed by atoms with Crippen molar-refractivity contribution < 1.29 is 14.3 Å². The summed E-state index contributed by atoms with van der Waals surface area (Å²) in [5.74, 6) is 0.239. The lowest BCUT2D eigenvalue weighted by Crippen LogP contribution is -2.27. The number of anilines is 1. The molecule has 0 saturated carbocycles. The van der Waals surface area contributed by atoms with Crippen LogP contribution in [-0.2, 0) is 11.4 Å². The highest BCUT2D eigenvalue weighted by Gasteiger charge is 2.10. The fourth-order valence-corrected chi connectivity index (χ4v) is 2.78. The third-order valence-electron chi connectivity index (χ3n) is 4.32. The maximum atomic E-state index is 12.3. The van der Waals surface area contributed by atoms with E-state index in [1.165, 1.54) is 0 Å². The van der Waals surface area contributed by atoms with E-state index in [1.807, 2.05) is 61.5 Å². The minimum Gasteiger partial charge on any atom is -0.487 e. The molecule has 0 bridgehead atoms. The molecule has 5 nitrogen and oxygen atoms in total. The van der Waals surface area contributed by atoms with Crippen LogP contribution in [0.4, 0.5) is 5.69 Å². The van der Waals surface area contributed by atoms with Crippen LogP contribution >= 0.6 is 0 Å². The standard InChI is InChI=1S/C24H24N2O3/c1-18-12-13-21(22(16-18)29-17-19-8-4-2-5-9-19)26-23(27)14-15-25-24(28)20-10-6-3-7-11-20/h2-13,16H,14-15,17H2,1H3,(H,25,28)(H,26,27). The van der Waals surface area contributed by atoms with Crippen LogP contribution in [0.1, 0.15) is 27.9 Å². The molecule has 0 saturated heterocycles. The fraction of sp³-hybridized carbons (Fsp3) is 0.167. The van der Waals surface area contributed by atoms with Gasteiger partial charge in [-0.05, 0) is 42.3 Å². The molecule has 0 radical (unpaired) electrons. The summed E-state index contributed by atoms with van der Waals surface area (Å²) in [4.78, 5) is 24.4. The number of rotatable bonds is 8. The maximum absolute atomic E-state index is 12.3. The van der Waals surface area contributed by atoms with Crippen molar-refractivity contribution in [1.82, 2.24) is 5.32 Å². The molecular weight excluding hydrogens is 364 g/mol. The zero-order valence-electron chi connectivity index (χ0n) is 16.4. The Labute approximate surface area is 170 Å². The predicted octanol–water partition coefficient (Wildman–Crippen LogP) is 4.33. The number of hydrogen-bond donors (Lipinski definition) is 2. The van der Waals surface area contributed by atoms with E-state index in [0.717, 1.165) is 11.1 Å². The molecule has 0 aromatic heterocycles. The van der Waals surface area contributed by atoms with E-state index < -0.39 is 0 Å². The third kappa shape index (κ3) is 6.21. The van der Waals surface area contributed by atoms with Gasteiger partial charge in [-0.1, -0.05) is 54.6 Å². The van der Waals surface area contributed by atoms with Gasteiger partial charge in [-0.15, -0.1) is 0 Å². The van der Waals surface area contributed by atoms with Gasteiger partial charge in [0.05, 0.1) is 5.69 Å². The number of carbonyl (C=O) groups is 2. The number of amides is 2. The van der Waals surface area contributed by atoms with Gasteiger partial charge < -0.3 is 15.4 Å². The summed E-state index contributed by atoms with van der Waals surface area (Å²) in [5.41, 5.74) is 3.28. The molecule has 0 aliphatic carbocycles. The lowest BCUT2D eigenvalue weighted by Gasteiger charge is -2.14. The van der Waals surface area contributed by atoms with E-state index in [9.17, 15) is 9.59 Å². The van der Waals surface area contributed by atoms with E-state index in [-0.39, 0.29) is 24.8 Å². The van der Waals surface area contributed by atoms with Crippen LogP contribution in [0.3, 0.4) is 0 Å². The zero-order chi connectivity index (χ0) is 20.5. The van der Waals surface area contributed by atoms with Gasteiger partial charge >= 0.3 is 0 Å². The van der Waals surface area contributed by atoms with Crippen molar-refractivity contribution in [1.29, 1.82) is 0 Å². The third-order valence-corrected chi connectivity index (χ3v) is 4.32. The molecule has 29 heavy (non-hydrogen) atoms. The van der Waals surface area contributed by atoms with Crippen LogP contribution in [0.25, 0.3) is 0 Å². The molecule has 3 aromatic carbocycles. The molecule has 2 amide bonds. The van der Waals surface area contributed by atoms with Gasteiger partial charge in [0.1, 0.15) is 12.4 Å². The molecule has 0 atom stereocenters. The fourth-order valence-electron chi connectivity index (χ4n) is 2.78. The average Bonchev–Trinajstić information content (AvgIpc) is 2.75. The van der Waals surface area contributed by atoms with Crippen molar-refractivity contribution in [2.75, 3.05) is 11.9 Å². The summed E-state index contributed by atoms with van der Waals surface area (Å²) >= 11 is 0. The Kier molecular flexibility index (Phi) is 7.00. The van der Waals surface area contributed by atoms with Crippen molar-refractivity contribution in [3.63, 3.8) is 0 Å². The summed E-state index contributed by atoms with van der Waals surface area (Å²) in [5, 5.41) is 5.63. The lowest BCUT2D eigenvalue weighted by molar-refractivity contribution is -0.116. The Balaban J connectivity index is 1.53. The Morgan fingerprint density at radius 2 is 1.59 bits per heavy atom. The predicted molar refractivity (Wildman–Crippen MR) is 114 cm³/mol. The number of carbonyl (C=O) groups excluding carboxylic acids is 2. The molecular formula is C24H24N2O3. The molecule has 2 N–H and O–H groups in total. The Bertz CT molecular complexity index is 956. The van der Waals surface area contributed by atoms with Crippen molar-refractivity contribution in [2.24, 2.45) is 0 Å². The van der Waals surface area contributed by atoms with Crippen LogP contribution in [0, 0.1) is 6.92 Å². The second kappa shape index (κ2) is 10.1. The molecule has 3 rings (SSSR count). The molecule has 148 valence electrons. The molecule has 0 fully saturated rings. The number of ether oxygens (including phenoxy) is 1. The number of aryl methyl sites for hydroxylation is 1. The monoisotopic (exact) mass is 388 g/mol. The van der Waals surface area contributed by atoms with Gasteiger partial charge in [0, 0.05) is 18.5 Å². The van der Waals surface area contributed by atoms with Gasteiger partial charge in [-0.25, -0.2) is 0 Å². The zero-order valence-corrected chi connectivity index (χ0v) is 16.4. The highest BCUT2D eigenvalue weighted by Crippen LogP contribution is 2.26. The Morgan fingerprint density at radius 3 is 2.31 bits per heavy atom. The van der Waals surface area contributed by atoms with Gasteiger partial charge in [-0.2, -0.15) is 0 Å². The first-order valence-electron chi connectivity index (χ1n) is 9.52. The first-order chi connectivity index (χ1) is 14.1. The second-order valence-corrected chi connectivity index (χ2v) is 6.69. The Hall–Kier alpha value is -3.60. The Morgan fingerprint density at radius 1 is 0.897 bits per heavy atom. The molecule has 0 unspecified atom stereocenters. The molecule has 0 aliphatic heterocycles. The van der Waals surface area contributed by atoms with E-state index in [1.54, 1.807) is 24.3 Å². The number of benzene rings is 3. The van der Waals surface area contributed by atoms with Crippen LogP contribution in [0.5, 0.6) is 5.75 Å². The topological polar surface area (TPSA) is 67.4 Å². The summed E-state index contributed by atoms with van der Waals surface area (Å²) in [6.45, 7) is 2.64. The number of nitrogens with one attached hydrogen (secondary N) is 2. The van der Waals surface area contributed by atoms with Gasteiger partial charge in [0.25, 0.3) is 5.91 Å². The highest BCUT2D eigenvalue weighted by molar-refractivity contribution is 5.95. The van der Waals surface area contributed by atoms with Crippen LogP contribution in [0.2, 0.25) is 0 Å². The molecule has 3 aromatic rings. The normalized spacial score (nSPS) is 10.2. The quantitative estimate of drug-likeness (QED) is 0.603. The molecule has 0 aliphatic rings. The molecule has 0 heterocycles. The van der Waals surface area contributed by atoms with E-state index in [0.29, 0.717) is 23.6 Å². The second-order valence-electron chi connectivity index (χ2n) is 6.69. The largest absolute Gasteiger partial charge is 0.487 e. The van der Waals surface area contributed by atoms with Gasteiger partial charge in [0.2, 0.25) is 5.91 Å². The molecule has 0 spiro atoms. The van der Waals surface area contributed by atoms with Crippen molar-refractivity contribution in [2.45, 2.75) is 20.0 Å². The van der Waals surface area contributed by atoms with E-state index in [2.05, 4.69) is 10.6 Å².